The van der Waals surface area contributed by atoms with Crippen molar-refractivity contribution < 1.29 is 9.59 Å². The highest BCUT2D eigenvalue weighted by Crippen LogP contribution is 2.36. The predicted molar refractivity (Wildman–Crippen MR) is 147 cm³/mol. The van der Waals surface area contributed by atoms with E-state index in [4.69, 9.17) is 47.0 Å². The third-order valence-corrected chi connectivity index (χ3v) is 6.70. The van der Waals surface area contributed by atoms with Gasteiger partial charge >= 0.3 is 0 Å². The van der Waals surface area contributed by atoms with Crippen LogP contribution in [-0.2, 0) is 9.59 Å². The van der Waals surface area contributed by atoms with Crippen LogP contribution in [0.2, 0.25) is 15.2 Å². The first-order valence-corrected chi connectivity index (χ1v) is 12.1. The Morgan fingerprint density at radius 2 is 1.50 bits per heavy atom. The largest absolute Gasteiger partial charge is 0.298 e. The van der Waals surface area contributed by atoms with Gasteiger partial charge < -0.3 is 0 Å². The van der Waals surface area contributed by atoms with E-state index in [0.717, 1.165) is 0 Å². The van der Waals surface area contributed by atoms with E-state index in [0.29, 0.717) is 38.2 Å². The summed E-state index contributed by atoms with van der Waals surface area (Å²) in [5, 5.41) is 8.36. The van der Waals surface area contributed by atoms with Crippen LogP contribution in [0.1, 0.15) is 5.56 Å². The zero-order valence-corrected chi connectivity index (χ0v) is 21.4. The number of hydrogen-bond acceptors (Lipinski definition) is 4. The van der Waals surface area contributed by atoms with E-state index in [2.05, 4.69) is 10.4 Å². The molecule has 1 saturated heterocycles. The van der Waals surface area contributed by atoms with Crippen molar-refractivity contribution >= 4 is 75.7 Å². The molecule has 1 fully saturated rings. The smallest absolute Gasteiger partial charge is 0.270 e. The molecule has 5 rings (SSSR count). The summed E-state index contributed by atoms with van der Waals surface area (Å²) >= 11 is 24.5. The van der Waals surface area contributed by atoms with Gasteiger partial charge in [-0.2, -0.15) is 5.10 Å². The van der Waals surface area contributed by atoms with Crippen LogP contribution < -0.4 is 10.2 Å². The van der Waals surface area contributed by atoms with Crippen molar-refractivity contribution in [3.8, 4) is 16.9 Å². The number of para-hydroxylation sites is 1. The number of anilines is 1. The second kappa shape index (κ2) is 9.87. The minimum absolute atomic E-state index is 0.0399. The quantitative estimate of drug-likeness (QED) is 0.182. The van der Waals surface area contributed by atoms with Crippen LogP contribution in [-0.4, -0.2) is 26.7 Å². The number of nitrogens with zero attached hydrogens (tertiary/aromatic N) is 3. The average molecular weight is 554 g/mol. The standard InChI is InChI=1S/C26H15Cl3N4O2S/c27-15-10-12-16(13-11-15)32-25(35)20(24(34)30-26(32)36)14-19-22(18-8-4-5-9-21(18)28)31-33(23(19)29)17-6-2-1-3-7-17/h1-14H,(H,30,34,36)/b20-14+. The Bertz CT molecular complexity index is 1550. The lowest BCUT2D eigenvalue weighted by atomic mass is 10.0. The summed E-state index contributed by atoms with van der Waals surface area (Å²) in [4.78, 5) is 27.7. The van der Waals surface area contributed by atoms with Gasteiger partial charge in [0.2, 0.25) is 0 Å². The summed E-state index contributed by atoms with van der Waals surface area (Å²) in [5.41, 5.74) is 2.35. The first kappa shape index (κ1) is 24.2. The Kier molecular flexibility index (Phi) is 6.64. The van der Waals surface area contributed by atoms with Gasteiger partial charge in [-0.05, 0) is 60.8 Å². The van der Waals surface area contributed by atoms with Gasteiger partial charge in [0.1, 0.15) is 16.4 Å². The van der Waals surface area contributed by atoms with Gasteiger partial charge in [0.05, 0.1) is 16.4 Å². The van der Waals surface area contributed by atoms with E-state index in [1.165, 1.54) is 15.7 Å². The molecule has 0 spiro atoms. The first-order valence-electron chi connectivity index (χ1n) is 10.6. The Hall–Kier alpha value is -3.49. The van der Waals surface area contributed by atoms with E-state index < -0.39 is 11.8 Å². The van der Waals surface area contributed by atoms with E-state index >= 15 is 0 Å². The summed E-state index contributed by atoms with van der Waals surface area (Å²) in [5.74, 6) is -1.26. The second-order valence-corrected chi connectivity index (χ2v) is 9.30. The number of nitrogens with one attached hydrogen (secondary N) is 1. The molecule has 3 aromatic carbocycles. The Balaban J connectivity index is 1.68. The molecule has 4 aromatic rings. The van der Waals surface area contributed by atoms with Gasteiger partial charge in [0.15, 0.2) is 5.11 Å². The monoisotopic (exact) mass is 552 g/mol. The fourth-order valence-corrected chi connectivity index (χ4v) is 4.67. The van der Waals surface area contributed by atoms with Gasteiger partial charge in [-0.25, -0.2) is 4.68 Å². The molecule has 0 aliphatic carbocycles. The third-order valence-electron chi connectivity index (χ3n) is 5.47. The average Bonchev–Trinajstić information content (AvgIpc) is 3.19. The summed E-state index contributed by atoms with van der Waals surface area (Å²) < 4.78 is 1.53. The van der Waals surface area contributed by atoms with Crippen LogP contribution in [0.5, 0.6) is 0 Å². The fraction of sp³-hybridized carbons (Fsp3) is 0. The number of hydrogen-bond donors (Lipinski definition) is 1. The van der Waals surface area contributed by atoms with E-state index in [-0.39, 0.29) is 15.8 Å². The Morgan fingerprint density at radius 3 is 2.19 bits per heavy atom. The van der Waals surface area contributed by atoms with Crippen LogP contribution in [0.4, 0.5) is 5.69 Å². The number of carbonyl (C=O) groups is 2. The molecule has 2 heterocycles. The molecule has 6 nitrogen and oxygen atoms in total. The number of carbonyl (C=O) groups excluding carboxylic acids is 2. The van der Waals surface area contributed by atoms with Crippen molar-refractivity contribution in [3.63, 3.8) is 0 Å². The van der Waals surface area contributed by atoms with E-state index in [1.54, 1.807) is 42.5 Å². The van der Waals surface area contributed by atoms with Crippen LogP contribution in [0.25, 0.3) is 23.0 Å². The van der Waals surface area contributed by atoms with Crippen molar-refractivity contribution in [1.29, 1.82) is 0 Å². The molecule has 36 heavy (non-hydrogen) atoms. The molecule has 2 amide bonds. The lowest BCUT2D eigenvalue weighted by Gasteiger charge is -2.28. The SMILES string of the molecule is O=C1NC(=S)N(c2ccc(Cl)cc2)C(=O)/C1=C/c1c(-c2ccccc2Cl)nn(-c2ccccc2)c1Cl. The number of amides is 2. The summed E-state index contributed by atoms with van der Waals surface area (Å²) in [6.07, 6.45) is 1.41. The second-order valence-electron chi connectivity index (χ2n) is 7.71. The lowest BCUT2D eigenvalue weighted by molar-refractivity contribution is -0.122. The van der Waals surface area contributed by atoms with Crippen LogP contribution >= 0.6 is 47.0 Å². The van der Waals surface area contributed by atoms with Crippen molar-refractivity contribution in [3.05, 3.63) is 105 Å². The van der Waals surface area contributed by atoms with E-state index in [1.807, 2.05) is 36.4 Å². The summed E-state index contributed by atoms with van der Waals surface area (Å²) in [6, 6.07) is 22.9. The molecule has 1 aliphatic rings. The van der Waals surface area contributed by atoms with Crippen molar-refractivity contribution in [2.45, 2.75) is 0 Å². The minimum Gasteiger partial charge on any atom is -0.298 e. The van der Waals surface area contributed by atoms with Crippen molar-refractivity contribution in [2.24, 2.45) is 0 Å². The first-order chi connectivity index (χ1) is 17.3. The highest BCUT2D eigenvalue weighted by Gasteiger charge is 2.35. The summed E-state index contributed by atoms with van der Waals surface area (Å²) in [7, 11) is 0. The highest BCUT2D eigenvalue weighted by atomic mass is 35.5. The zero-order chi connectivity index (χ0) is 25.4. The molecule has 0 unspecified atom stereocenters. The normalized spacial score (nSPS) is 14.9. The van der Waals surface area contributed by atoms with E-state index in [9.17, 15) is 9.59 Å². The molecule has 0 saturated carbocycles. The topological polar surface area (TPSA) is 67.2 Å². The van der Waals surface area contributed by atoms with Gasteiger partial charge in [0, 0.05) is 16.1 Å². The lowest BCUT2D eigenvalue weighted by Crippen LogP contribution is -2.54. The molecule has 178 valence electrons. The van der Waals surface area contributed by atoms with Crippen LogP contribution in [0.3, 0.4) is 0 Å². The molecular weight excluding hydrogens is 539 g/mol. The minimum atomic E-state index is -0.649. The maximum atomic E-state index is 13.5. The van der Waals surface area contributed by atoms with Gasteiger partial charge in [0.25, 0.3) is 11.8 Å². The molecule has 1 aromatic heterocycles. The zero-order valence-electron chi connectivity index (χ0n) is 18.3. The molecular formula is C26H15Cl3N4O2S. The third kappa shape index (κ3) is 4.42. The Labute approximate surface area is 226 Å². The number of benzene rings is 3. The molecule has 0 atom stereocenters. The highest BCUT2D eigenvalue weighted by molar-refractivity contribution is 7.80. The van der Waals surface area contributed by atoms with Crippen LogP contribution in [0, 0.1) is 0 Å². The molecule has 0 bridgehead atoms. The number of thiocarbonyl (C=S) groups is 1. The Morgan fingerprint density at radius 1 is 0.833 bits per heavy atom. The van der Waals surface area contributed by atoms with Crippen molar-refractivity contribution in [2.75, 3.05) is 4.90 Å². The molecule has 1 aliphatic heterocycles. The number of rotatable bonds is 4. The number of aromatic nitrogens is 2. The van der Waals surface area contributed by atoms with Gasteiger partial charge in [-0.15, -0.1) is 0 Å². The molecule has 1 N–H and O–H groups in total. The predicted octanol–water partition coefficient (Wildman–Crippen LogP) is 6.33. The maximum Gasteiger partial charge on any atom is 0.270 e. The number of halogens is 3. The van der Waals surface area contributed by atoms with Crippen LogP contribution in [0.15, 0.2) is 84.4 Å². The molecule has 0 radical (unpaired) electrons. The van der Waals surface area contributed by atoms with Crippen molar-refractivity contribution in [1.82, 2.24) is 15.1 Å². The fourth-order valence-electron chi connectivity index (χ4n) is 3.76. The maximum absolute atomic E-state index is 13.5. The summed E-state index contributed by atoms with van der Waals surface area (Å²) in [6.45, 7) is 0. The van der Waals surface area contributed by atoms with Gasteiger partial charge in [-0.3, -0.25) is 19.8 Å². The van der Waals surface area contributed by atoms with Gasteiger partial charge in [-0.1, -0.05) is 71.2 Å². The molecule has 10 heteroatoms.